The molecule has 1 aromatic heterocycles. The number of halogens is 2. The predicted octanol–water partition coefficient (Wildman–Crippen LogP) is 5.82. The minimum atomic E-state index is -0.765. The van der Waals surface area contributed by atoms with E-state index in [-0.39, 0.29) is 16.7 Å². The molecule has 1 aliphatic carbocycles. The number of anilines is 1. The molecule has 1 aliphatic heterocycles. The Morgan fingerprint density at radius 3 is 2.56 bits per heavy atom. The molecule has 1 unspecified atom stereocenters. The monoisotopic (exact) mass is 481 g/mol. The van der Waals surface area contributed by atoms with Gasteiger partial charge in [-0.1, -0.05) is 17.7 Å². The van der Waals surface area contributed by atoms with E-state index in [4.69, 9.17) is 11.6 Å². The first-order valence-electron chi connectivity index (χ1n) is 11.9. The Hall–Kier alpha value is -2.70. The number of phenols is 1. The van der Waals surface area contributed by atoms with Gasteiger partial charge in [-0.2, -0.15) is 0 Å². The van der Waals surface area contributed by atoms with Crippen LogP contribution in [0.4, 0.5) is 10.1 Å². The van der Waals surface area contributed by atoms with Crippen molar-refractivity contribution >= 4 is 34.0 Å². The third-order valence-electron chi connectivity index (χ3n) is 7.42. The van der Waals surface area contributed by atoms with Crippen LogP contribution >= 0.6 is 11.6 Å². The Morgan fingerprint density at radius 1 is 1.18 bits per heavy atom. The van der Waals surface area contributed by atoms with E-state index in [1.807, 2.05) is 25.2 Å². The Kier molecular flexibility index (Phi) is 6.21. The summed E-state index contributed by atoms with van der Waals surface area (Å²) in [5, 5.41) is 13.9. The van der Waals surface area contributed by atoms with E-state index in [1.54, 1.807) is 12.3 Å². The van der Waals surface area contributed by atoms with Crippen LogP contribution in [0.5, 0.6) is 5.75 Å². The molecule has 2 heterocycles. The van der Waals surface area contributed by atoms with Crippen molar-refractivity contribution in [3.63, 3.8) is 0 Å². The van der Waals surface area contributed by atoms with Gasteiger partial charge in [0.15, 0.2) is 17.3 Å². The number of rotatable bonds is 6. The van der Waals surface area contributed by atoms with Gasteiger partial charge < -0.3 is 15.3 Å². The molecule has 7 heteroatoms. The van der Waals surface area contributed by atoms with Gasteiger partial charge in [-0.25, -0.2) is 4.39 Å². The van der Waals surface area contributed by atoms with Crippen LogP contribution in [0.2, 0.25) is 5.02 Å². The van der Waals surface area contributed by atoms with Crippen LogP contribution in [0.15, 0.2) is 36.5 Å². The highest BCUT2D eigenvalue weighted by Gasteiger charge is 2.34. The second kappa shape index (κ2) is 9.16. The number of carbonyl (C=O) groups is 1. The quantitative estimate of drug-likeness (QED) is 0.434. The van der Waals surface area contributed by atoms with Crippen LogP contribution in [0.3, 0.4) is 0 Å². The summed E-state index contributed by atoms with van der Waals surface area (Å²) in [5.74, 6) is -0.467. The highest BCUT2D eigenvalue weighted by atomic mass is 35.5. The average molecular weight is 482 g/mol. The molecule has 3 aromatic rings. The highest BCUT2D eigenvalue weighted by molar-refractivity contribution is 6.32. The van der Waals surface area contributed by atoms with Crippen molar-refractivity contribution < 1.29 is 14.3 Å². The number of pyridine rings is 1. The van der Waals surface area contributed by atoms with E-state index in [0.717, 1.165) is 60.9 Å². The number of piperidine rings is 1. The first-order valence-corrected chi connectivity index (χ1v) is 12.3. The Morgan fingerprint density at radius 2 is 1.91 bits per heavy atom. The maximum Gasteiger partial charge on any atom is 0.170 e. The van der Waals surface area contributed by atoms with Crippen LogP contribution in [-0.4, -0.2) is 42.1 Å². The molecule has 2 N–H and O–H groups in total. The molecule has 5 rings (SSSR count). The summed E-state index contributed by atoms with van der Waals surface area (Å²) in [7, 11) is 2.00. The van der Waals surface area contributed by atoms with Crippen LogP contribution in [0, 0.1) is 17.7 Å². The largest absolute Gasteiger partial charge is 0.504 e. The first kappa shape index (κ1) is 23.1. The van der Waals surface area contributed by atoms with Gasteiger partial charge in [0.2, 0.25) is 0 Å². The first-order chi connectivity index (χ1) is 16.4. The minimum absolute atomic E-state index is 0.0353. The summed E-state index contributed by atoms with van der Waals surface area (Å²) >= 11 is 6.04. The summed E-state index contributed by atoms with van der Waals surface area (Å²) < 4.78 is 14.2. The number of ketones is 1. The fraction of sp³-hybridized carbons (Fsp3) is 0.407. The standard InChI is InChI=1S/C27H29ClFN3O2/c1-15(30-2)16-7-9-32(10-8-16)25-20-11-18(19-12-22(28)27(34)23(29)13-19)5-6-24(20)31-14-21(25)26(33)17-3-4-17/h5-6,11-17,30,34H,3-4,7-10H2,1-2H3. The lowest BCUT2D eigenvalue weighted by atomic mass is 9.89. The van der Waals surface area contributed by atoms with Crippen molar-refractivity contribution in [1.82, 2.24) is 10.3 Å². The fourth-order valence-corrected chi connectivity index (χ4v) is 5.24. The Balaban J connectivity index is 1.61. The molecule has 1 saturated heterocycles. The summed E-state index contributed by atoms with van der Waals surface area (Å²) in [4.78, 5) is 20.2. The van der Waals surface area contributed by atoms with Crippen molar-refractivity contribution in [2.45, 2.75) is 38.6 Å². The van der Waals surface area contributed by atoms with Gasteiger partial charge in [-0.3, -0.25) is 9.78 Å². The zero-order valence-electron chi connectivity index (χ0n) is 19.4. The lowest BCUT2D eigenvalue weighted by Gasteiger charge is -2.37. The Labute approximate surface area is 203 Å². The molecule has 0 amide bonds. The fourth-order valence-electron chi connectivity index (χ4n) is 5.04. The van der Waals surface area contributed by atoms with Crippen LogP contribution in [0.25, 0.3) is 22.0 Å². The van der Waals surface area contributed by atoms with Gasteiger partial charge in [0, 0.05) is 36.6 Å². The molecule has 0 bridgehead atoms. The lowest BCUT2D eigenvalue weighted by molar-refractivity contribution is 0.0968. The number of aromatic hydroxyl groups is 1. The third-order valence-corrected chi connectivity index (χ3v) is 7.71. The smallest absolute Gasteiger partial charge is 0.170 e. The topological polar surface area (TPSA) is 65.5 Å². The number of hydrogen-bond donors (Lipinski definition) is 2. The van der Waals surface area contributed by atoms with Crippen molar-refractivity contribution in [1.29, 1.82) is 0 Å². The number of nitrogens with zero attached hydrogens (tertiary/aromatic N) is 2. The number of phenolic OH excluding ortho intramolecular Hbond substituents is 1. The van der Waals surface area contributed by atoms with Gasteiger partial charge in [-0.15, -0.1) is 0 Å². The number of Topliss-reactive ketones (excluding diaryl/α,β-unsaturated/α-hetero) is 1. The number of carbonyl (C=O) groups excluding carboxylic acids is 1. The maximum atomic E-state index is 14.2. The summed E-state index contributed by atoms with van der Waals surface area (Å²) in [6, 6.07) is 9.01. The lowest BCUT2D eigenvalue weighted by Crippen LogP contribution is -2.41. The molecule has 0 spiro atoms. The second-order valence-corrected chi connectivity index (χ2v) is 9.99. The Bertz CT molecular complexity index is 1230. The van der Waals surface area contributed by atoms with Gasteiger partial charge >= 0.3 is 0 Å². The minimum Gasteiger partial charge on any atom is -0.504 e. The molecule has 1 atom stereocenters. The summed E-state index contributed by atoms with van der Waals surface area (Å²) in [5.41, 5.74) is 3.73. The zero-order valence-corrected chi connectivity index (χ0v) is 20.2. The third kappa shape index (κ3) is 4.25. The summed E-state index contributed by atoms with van der Waals surface area (Å²) in [6.45, 7) is 3.95. The van der Waals surface area contributed by atoms with Crippen LogP contribution in [0.1, 0.15) is 43.0 Å². The van der Waals surface area contributed by atoms with E-state index >= 15 is 0 Å². The number of nitrogens with one attached hydrogen (secondary N) is 1. The molecule has 2 fully saturated rings. The van der Waals surface area contributed by atoms with Gasteiger partial charge in [0.1, 0.15) is 0 Å². The van der Waals surface area contributed by atoms with Crippen LogP contribution in [-0.2, 0) is 0 Å². The molecule has 1 saturated carbocycles. The van der Waals surface area contributed by atoms with Crippen molar-refractivity contribution in [3.05, 3.63) is 52.9 Å². The SMILES string of the molecule is CNC(C)C1CCN(c2c(C(=O)C3CC3)cnc3ccc(-c4cc(F)c(O)c(Cl)c4)cc23)CC1. The molecule has 2 aliphatic rings. The highest BCUT2D eigenvalue weighted by Crippen LogP contribution is 2.41. The van der Waals surface area contributed by atoms with E-state index in [0.29, 0.717) is 23.1 Å². The van der Waals surface area contributed by atoms with Gasteiger partial charge in [0.05, 0.1) is 21.8 Å². The van der Waals surface area contributed by atoms with E-state index in [9.17, 15) is 14.3 Å². The van der Waals surface area contributed by atoms with Gasteiger partial charge in [0.25, 0.3) is 0 Å². The number of benzene rings is 2. The zero-order chi connectivity index (χ0) is 24.0. The molecule has 34 heavy (non-hydrogen) atoms. The molecule has 178 valence electrons. The van der Waals surface area contributed by atoms with E-state index in [2.05, 4.69) is 22.1 Å². The molecular weight excluding hydrogens is 453 g/mol. The molecular formula is C27H29ClFN3O2. The van der Waals surface area contributed by atoms with Crippen LogP contribution < -0.4 is 10.2 Å². The number of fused-ring (bicyclic) bond motifs is 1. The van der Waals surface area contributed by atoms with Crippen molar-refractivity contribution in [2.75, 3.05) is 25.0 Å². The average Bonchev–Trinajstić information content (AvgIpc) is 3.71. The maximum absolute atomic E-state index is 14.2. The predicted molar refractivity (Wildman–Crippen MR) is 134 cm³/mol. The number of aromatic nitrogens is 1. The second-order valence-electron chi connectivity index (χ2n) is 9.58. The number of hydrogen-bond acceptors (Lipinski definition) is 5. The summed E-state index contributed by atoms with van der Waals surface area (Å²) in [6.07, 6.45) is 5.69. The molecule has 2 aromatic carbocycles. The van der Waals surface area contributed by atoms with E-state index < -0.39 is 11.6 Å². The normalized spacial score (nSPS) is 17.8. The van der Waals surface area contributed by atoms with Crippen molar-refractivity contribution in [3.8, 4) is 16.9 Å². The molecule has 5 nitrogen and oxygen atoms in total. The molecule has 0 radical (unpaired) electrons. The van der Waals surface area contributed by atoms with Crippen molar-refractivity contribution in [2.24, 2.45) is 11.8 Å². The van der Waals surface area contributed by atoms with E-state index in [1.165, 1.54) is 6.07 Å². The van der Waals surface area contributed by atoms with Gasteiger partial charge in [-0.05, 0) is 81.0 Å².